The number of carbonyl (C=O) groups is 1. The van der Waals surface area contributed by atoms with E-state index in [0.717, 1.165) is 24.9 Å². The molecule has 6 heteroatoms. The maximum atomic E-state index is 14.0. The van der Waals surface area contributed by atoms with Crippen LogP contribution < -0.4 is 5.73 Å². The Hall–Kier alpha value is -2.21. The van der Waals surface area contributed by atoms with Gasteiger partial charge in [0.05, 0.1) is 11.7 Å². The number of hydrogen-bond acceptors (Lipinski definition) is 3. The predicted octanol–water partition coefficient (Wildman–Crippen LogP) is 1.68. The van der Waals surface area contributed by atoms with Crippen molar-refractivity contribution < 1.29 is 9.18 Å². The highest BCUT2D eigenvalue weighted by Gasteiger charge is 2.30. The molecular weight excluding hydrogens is 283 g/mol. The Morgan fingerprint density at radius 2 is 2.23 bits per heavy atom. The van der Waals surface area contributed by atoms with Crippen LogP contribution in [0, 0.1) is 5.82 Å². The first-order valence-corrected chi connectivity index (χ1v) is 7.37. The Bertz CT molecular complexity index is 697. The van der Waals surface area contributed by atoms with E-state index in [9.17, 15) is 9.18 Å². The topological polar surface area (TPSA) is 64.2 Å². The van der Waals surface area contributed by atoms with Gasteiger partial charge < -0.3 is 5.73 Å². The molecule has 5 nitrogen and oxygen atoms in total. The van der Waals surface area contributed by atoms with Crippen LogP contribution in [-0.2, 0) is 18.4 Å². The summed E-state index contributed by atoms with van der Waals surface area (Å²) in [5.41, 5.74) is 7.46. The molecule has 22 heavy (non-hydrogen) atoms. The molecule has 0 bridgehead atoms. The highest BCUT2D eigenvalue weighted by molar-refractivity contribution is 5.80. The van der Waals surface area contributed by atoms with Crippen LogP contribution in [0.3, 0.4) is 0 Å². The summed E-state index contributed by atoms with van der Waals surface area (Å²) in [5, 5.41) is 4.39. The summed E-state index contributed by atoms with van der Waals surface area (Å²) >= 11 is 0. The molecule has 1 aromatic carbocycles. The molecule has 2 heterocycles. The third-order valence-electron chi connectivity index (χ3n) is 4.10. The fourth-order valence-electron chi connectivity index (χ4n) is 3.09. The minimum Gasteiger partial charge on any atom is -0.368 e. The van der Waals surface area contributed by atoms with Gasteiger partial charge in [-0.25, -0.2) is 4.39 Å². The number of rotatable bonds is 4. The molecule has 2 N–H and O–H groups in total. The normalized spacial score (nSPS) is 18.7. The summed E-state index contributed by atoms with van der Waals surface area (Å²) in [5.74, 6) is -0.593. The number of aryl methyl sites for hydroxylation is 1. The first-order chi connectivity index (χ1) is 10.6. The highest BCUT2D eigenvalue weighted by Crippen LogP contribution is 2.28. The molecule has 1 aromatic heterocycles. The molecule has 0 unspecified atom stereocenters. The molecule has 0 aliphatic carbocycles. The number of carbonyl (C=O) groups excluding carboxylic acids is 1. The molecule has 116 valence electrons. The monoisotopic (exact) mass is 302 g/mol. The number of likely N-dealkylation sites (tertiary alicyclic amines) is 1. The van der Waals surface area contributed by atoms with Gasteiger partial charge in [-0.2, -0.15) is 5.10 Å². The van der Waals surface area contributed by atoms with Gasteiger partial charge in [0.15, 0.2) is 0 Å². The third-order valence-corrected chi connectivity index (χ3v) is 4.10. The highest BCUT2D eigenvalue weighted by atomic mass is 19.1. The van der Waals surface area contributed by atoms with Crippen molar-refractivity contribution >= 4 is 5.91 Å². The largest absolute Gasteiger partial charge is 0.368 e. The van der Waals surface area contributed by atoms with Gasteiger partial charge in [0.2, 0.25) is 5.91 Å². The van der Waals surface area contributed by atoms with E-state index < -0.39 is 0 Å². The lowest BCUT2D eigenvalue weighted by molar-refractivity contribution is -0.122. The minimum atomic E-state index is -0.297. The number of amides is 1. The number of nitrogens with zero attached hydrogens (tertiary/aromatic N) is 3. The molecule has 3 rings (SSSR count). The maximum absolute atomic E-state index is 14.0. The molecule has 0 radical (unpaired) electrons. The number of aromatic nitrogens is 2. The Kier molecular flexibility index (Phi) is 3.94. The van der Waals surface area contributed by atoms with Crippen LogP contribution >= 0.6 is 0 Å². The smallest absolute Gasteiger partial charge is 0.234 e. The summed E-state index contributed by atoms with van der Waals surface area (Å²) in [7, 11) is 1.81. The van der Waals surface area contributed by atoms with Crippen LogP contribution in [0.5, 0.6) is 0 Å². The van der Waals surface area contributed by atoms with Crippen LogP contribution in [0.1, 0.15) is 18.4 Å². The van der Waals surface area contributed by atoms with Gasteiger partial charge in [0.25, 0.3) is 0 Å². The van der Waals surface area contributed by atoms with Gasteiger partial charge in [-0.3, -0.25) is 14.4 Å². The summed E-state index contributed by atoms with van der Waals surface area (Å²) in [6, 6.07) is 6.35. The second-order valence-electron chi connectivity index (χ2n) is 5.69. The second-order valence-corrected chi connectivity index (χ2v) is 5.69. The standard InChI is InChI=1S/C16H19FN4O/c1-20-9-11(10-21-8-4-7-14(21)16(18)22)15(19-20)12-5-2-3-6-13(12)17/h2-3,5-6,9,14H,4,7-8,10H2,1H3,(H2,18,22)/t14-/m0/s1. The lowest BCUT2D eigenvalue weighted by Gasteiger charge is -2.21. The first-order valence-electron chi connectivity index (χ1n) is 7.37. The van der Waals surface area contributed by atoms with Crippen molar-refractivity contribution in [1.29, 1.82) is 0 Å². The van der Waals surface area contributed by atoms with E-state index in [1.807, 2.05) is 18.1 Å². The van der Waals surface area contributed by atoms with E-state index in [4.69, 9.17) is 5.73 Å². The van der Waals surface area contributed by atoms with Crippen molar-refractivity contribution in [2.24, 2.45) is 12.8 Å². The second kappa shape index (κ2) is 5.88. The molecule has 1 atom stereocenters. The van der Waals surface area contributed by atoms with Crippen molar-refractivity contribution in [2.75, 3.05) is 6.54 Å². The van der Waals surface area contributed by atoms with Gasteiger partial charge in [-0.15, -0.1) is 0 Å². The molecule has 1 fully saturated rings. The lowest BCUT2D eigenvalue weighted by Crippen LogP contribution is -2.39. The van der Waals surface area contributed by atoms with Crippen molar-refractivity contribution in [3.05, 3.63) is 41.8 Å². The van der Waals surface area contributed by atoms with Crippen LogP contribution in [-0.4, -0.2) is 33.2 Å². The van der Waals surface area contributed by atoms with Crippen LogP contribution in [0.15, 0.2) is 30.5 Å². The fourth-order valence-corrected chi connectivity index (χ4v) is 3.09. The molecular formula is C16H19FN4O. The predicted molar refractivity (Wildman–Crippen MR) is 81.2 cm³/mol. The summed E-state index contributed by atoms with van der Waals surface area (Å²) < 4.78 is 15.7. The zero-order valence-electron chi connectivity index (χ0n) is 12.5. The fraction of sp³-hybridized carbons (Fsp3) is 0.375. The Morgan fingerprint density at radius 3 is 2.95 bits per heavy atom. The SMILES string of the molecule is Cn1cc(CN2CCC[C@H]2C(N)=O)c(-c2ccccc2F)n1. The van der Waals surface area contributed by atoms with Gasteiger partial charge in [-0.05, 0) is 31.5 Å². The van der Waals surface area contributed by atoms with Crippen molar-refractivity contribution in [3.63, 3.8) is 0 Å². The van der Waals surface area contributed by atoms with Gasteiger partial charge >= 0.3 is 0 Å². The zero-order chi connectivity index (χ0) is 15.7. The van der Waals surface area contributed by atoms with E-state index in [0.29, 0.717) is 17.8 Å². The minimum absolute atomic E-state index is 0.242. The number of primary amides is 1. The first kappa shape index (κ1) is 14.7. The number of benzene rings is 1. The van der Waals surface area contributed by atoms with Crippen LogP contribution in [0.2, 0.25) is 0 Å². The van der Waals surface area contributed by atoms with E-state index in [2.05, 4.69) is 5.10 Å². The van der Waals surface area contributed by atoms with Crippen LogP contribution in [0.25, 0.3) is 11.3 Å². The average Bonchev–Trinajstić information content (AvgIpc) is 3.07. The average molecular weight is 302 g/mol. The summed E-state index contributed by atoms with van der Waals surface area (Å²) in [6.07, 6.45) is 3.60. The van der Waals surface area contributed by atoms with E-state index in [-0.39, 0.29) is 17.8 Å². The van der Waals surface area contributed by atoms with Gasteiger partial charge in [0, 0.05) is 30.9 Å². The molecule has 1 saturated heterocycles. The summed E-state index contributed by atoms with van der Waals surface area (Å²) in [4.78, 5) is 13.6. The summed E-state index contributed by atoms with van der Waals surface area (Å²) in [6.45, 7) is 1.37. The van der Waals surface area contributed by atoms with Crippen molar-refractivity contribution in [2.45, 2.75) is 25.4 Å². The Morgan fingerprint density at radius 1 is 1.45 bits per heavy atom. The molecule has 1 aliphatic rings. The van der Waals surface area contributed by atoms with Gasteiger partial charge in [0.1, 0.15) is 5.82 Å². The molecule has 2 aromatic rings. The van der Waals surface area contributed by atoms with Gasteiger partial charge in [-0.1, -0.05) is 12.1 Å². The Labute approximate surface area is 128 Å². The van der Waals surface area contributed by atoms with Crippen LogP contribution in [0.4, 0.5) is 4.39 Å². The van der Waals surface area contributed by atoms with E-state index in [1.54, 1.807) is 22.9 Å². The molecule has 0 spiro atoms. The maximum Gasteiger partial charge on any atom is 0.234 e. The van der Waals surface area contributed by atoms with Crippen molar-refractivity contribution in [1.82, 2.24) is 14.7 Å². The Balaban J connectivity index is 1.92. The number of halogens is 1. The molecule has 0 saturated carbocycles. The van der Waals surface area contributed by atoms with E-state index in [1.165, 1.54) is 6.07 Å². The third kappa shape index (κ3) is 2.74. The zero-order valence-corrected chi connectivity index (χ0v) is 12.5. The molecule has 1 aliphatic heterocycles. The number of hydrogen-bond donors (Lipinski definition) is 1. The van der Waals surface area contributed by atoms with Crippen molar-refractivity contribution in [3.8, 4) is 11.3 Å². The quantitative estimate of drug-likeness (QED) is 0.934. The number of nitrogens with two attached hydrogens (primary N) is 1. The lowest BCUT2D eigenvalue weighted by atomic mass is 10.1. The molecule has 1 amide bonds. The van der Waals surface area contributed by atoms with E-state index >= 15 is 0 Å².